The molecule has 3 rings (SSSR count). The van der Waals surface area contributed by atoms with E-state index in [1.807, 2.05) is 58.3 Å². The zero-order valence-electron chi connectivity index (χ0n) is 22.8. The van der Waals surface area contributed by atoms with Gasteiger partial charge >= 0.3 is 0 Å². The van der Waals surface area contributed by atoms with Crippen LogP contribution in [0, 0.1) is 11.3 Å². The molecule has 2 amide bonds. The third kappa shape index (κ3) is 10.3. The van der Waals surface area contributed by atoms with Crippen LogP contribution >= 0.6 is 0 Å². The molecule has 1 aliphatic carbocycles. The Hall–Kier alpha value is -3.14. The highest BCUT2D eigenvalue weighted by Crippen LogP contribution is 2.35. The van der Waals surface area contributed by atoms with E-state index in [-0.39, 0.29) is 49.2 Å². The number of carbonyl (C=O) groups is 3. The first-order valence-electron chi connectivity index (χ1n) is 13.0. The number of likely N-dealkylation sites (N-methyl/N-ethyl adjacent to an activating group) is 1. The summed E-state index contributed by atoms with van der Waals surface area (Å²) in [5, 5.41) is 8.17. The van der Waals surface area contributed by atoms with Gasteiger partial charge in [-0.2, -0.15) is 0 Å². The highest BCUT2D eigenvalue weighted by Gasteiger charge is 2.33. The topological polar surface area (TPSA) is 103 Å². The second-order valence-corrected chi connectivity index (χ2v) is 10.6. The molecule has 10 heteroatoms. The summed E-state index contributed by atoms with van der Waals surface area (Å²) in [4.78, 5) is 39.0. The number of rotatable bonds is 12. The second kappa shape index (κ2) is 14.7. The number of nitrogens with zero attached hydrogens (tertiary/aromatic N) is 2. The second-order valence-electron chi connectivity index (χ2n) is 10.6. The summed E-state index contributed by atoms with van der Waals surface area (Å²) >= 11 is 0. The molecule has 3 N–H and O–H groups in total. The monoisotopic (exact) mass is 533 g/mol. The van der Waals surface area contributed by atoms with Gasteiger partial charge in [-0.15, -0.1) is 0 Å². The summed E-state index contributed by atoms with van der Waals surface area (Å²) < 4.78 is 27.9. The van der Waals surface area contributed by atoms with Gasteiger partial charge < -0.3 is 25.6 Å². The molecule has 38 heavy (non-hydrogen) atoms. The van der Waals surface area contributed by atoms with Gasteiger partial charge in [0.1, 0.15) is 12.5 Å². The molecule has 2 unspecified atom stereocenters. The largest absolute Gasteiger partial charge is 0.358 e. The fourth-order valence-corrected chi connectivity index (χ4v) is 3.97. The SMILES string of the molecule is CC(C)(C)C=O.CNCCNC(=O)C1=CC=C(N2C=CC3C=C(CCC(F)(F)CCNC=O)C=NC32)CC1. The lowest BCUT2D eigenvalue weighted by molar-refractivity contribution is -0.117. The van der Waals surface area contributed by atoms with Crippen molar-refractivity contribution in [2.24, 2.45) is 16.3 Å². The highest BCUT2D eigenvalue weighted by atomic mass is 19.3. The molecule has 0 aromatic rings. The summed E-state index contributed by atoms with van der Waals surface area (Å²) in [7, 11) is 1.84. The Morgan fingerprint density at radius 1 is 1.13 bits per heavy atom. The molecule has 0 saturated carbocycles. The Morgan fingerprint density at radius 2 is 1.87 bits per heavy atom. The van der Waals surface area contributed by atoms with Crippen LogP contribution in [-0.4, -0.2) is 68.5 Å². The molecule has 2 atom stereocenters. The van der Waals surface area contributed by atoms with Crippen LogP contribution in [0.2, 0.25) is 0 Å². The van der Waals surface area contributed by atoms with Gasteiger partial charge in [0.15, 0.2) is 0 Å². The Morgan fingerprint density at radius 3 is 2.47 bits per heavy atom. The number of amides is 2. The first-order chi connectivity index (χ1) is 18.0. The first-order valence-corrected chi connectivity index (χ1v) is 13.0. The first kappa shape index (κ1) is 31.1. The van der Waals surface area contributed by atoms with Crippen molar-refractivity contribution in [1.29, 1.82) is 0 Å². The molecule has 0 radical (unpaired) electrons. The average molecular weight is 534 g/mol. The lowest BCUT2D eigenvalue weighted by Gasteiger charge is -2.31. The molecular formula is C28H41F2N5O3. The third-order valence-electron chi connectivity index (χ3n) is 6.16. The number of hydrogen-bond acceptors (Lipinski definition) is 6. The van der Waals surface area contributed by atoms with Crippen LogP contribution in [0.4, 0.5) is 8.78 Å². The van der Waals surface area contributed by atoms with Crippen LogP contribution in [-0.2, 0) is 14.4 Å². The number of carbonyl (C=O) groups excluding carboxylic acids is 3. The maximum atomic E-state index is 14.0. The molecule has 0 aromatic carbocycles. The van der Waals surface area contributed by atoms with Crippen molar-refractivity contribution in [3.8, 4) is 0 Å². The van der Waals surface area contributed by atoms with Crippen LogP contribution in [0.3, 0.4) is 0 Å². The number of fused-ring (bicyclic) bond motifs is 1. The van der Waals surface area contributed by atoms with E-state index < -0.39 is 5.92 Å². The van der Waals surface area contributed by atoms with Crippen molar-refractivity contribution in [2.45, 2.75) is 65.0 Å². The smallest absolute Gasteiger partial charge is 0.250 e. The van der Waals surface area contributed by atoms with E-state index in [1.165, 1.54) is 0 Å². The van der Waals surface area contributed by atoms with Crippen molar-refractivity contribution >= 4 is 24.8 Å². The van der Waals surface area contributed by atoms with E-state index in [1.54, 1.807) is 6.21 Å². The molecule has 2 heterocycles. The summed E-state index contributed by atoms with van der Waals surface area (Å²) in [6, 6.07) is 0. The Labute approximate surface area is 224 Å². The van der Waals surface area contributed by atoms with E-state index >= 15 is 0 Å². The fourth-order valence-electron chi connectivity index (χ4n) is 3.97. The molecule has 0 bridgehead atoms. The van der Waals surface area contributed by atoms with Crippen molar-refractivity contribution < 1.29 is 23.2 Å². The number of hydrogen-bond donors (Lipinski definition) is 3. The molecule has 2 aliphatic heterocycles. The van der Waals surface area contributed by atoms with Crippen LogP contribution in [0.25, 0.3) is 0 Å². The lowest BCUT2D eigenvalue weighted by Crippen LogP contribution is -2.33. The van der Waals surface area contributed by atoms with Gasteiger partial charge in [-0.25, -0.2) is 8.78 Å². The highest BCUT2D eigenvalue weighted by molar-refractivity contribution is 5.94. The summed E-state index contributed by atoms with van der Waals surface area (Å²) in [5.74, 6) is -2.82. The van der Waals surface area contributed by atoms with Gasteiger partial charge in [0, 0.05) is 67.5 Å². The molecule has 8 nitrogen and oxygen atoms in total. The standard InChI is InChI=1S/C23H31F2N5O2.C5H10O/c1-26-11-12-28-22(32)18-2-4-20(5-3-18)30-13-7-19-14-17(15-29-21(19)30)6-8-23(24,25)9-10-27-16-31;1-5(2,3)4-6/h2,4,7,13-16,19,21,26H,3,5-6,8-12H2,1H3,(H,27,31)(H,28,32);4H,1-3H3. The molecule has 0 spiro atoms. The lowest BCUT2D eigenvalue weighted by atomic mass is 9.96. The zero-order chi connectivity index (χ0) is 28.2. The maximum Gasteiger partial charge on any atom is 0.250 e. The van der Waals surface area contributed by atoms with Gasteiger partial charge in [-0.1, -0.05) is 39.0 Å². The average Bonchev–Trinajstić information content (AvgIpc) is 3.31. The number of nitrogens with one attached hydrogen (secondary N) is 3. The van der Waals surface area contributed by atoms with Crippen LogP contribution < -0.4 is 16.0 Å². The number of alkyl halides is 2. The van der Waals surface area contributed by atoms with Crippen molar-refractivity contribution in [3.05, 3.63) is 47.3 Å². The predicted octanol–water partition coefficient (Wildman–Crippen LogP) is 3.49. The molecule has 210 valence electrons. The van der Waals surface area contributed by atoms with E-state index in [0.29, 0.717) is 19.4 Å². The Balaban J connectivity index is 0.000000757. The van der Waals surface area contributed by atoms with E-state index in [9.17, 15) is 23.2 Å². The van der Waals surface area contributed by atoms with E-state index in [2.05, 4.69) is 25.8 Å². The van der Waals surface area contributed by atoms with Crippen molar-refractivity contribution in [1.82, 2.24) is 20.9 Å². The summed E-state index contributed by atoms with van der Waals surface area (Å²) in [6.07, 6.45) is 13.8. The molecule has 0 saturated heterocycles. The quantitative estimate of drug-likeness (QED) is 0.263. The number of halogens is 2. The van der Waals surface area contributed by atoms with Crippen LogP contribution in [0.1, 0.15) is 52.9 Å². The van der Waals surface area contributed by atoms with Gasteiger partial charge in [0.2, 0.25) is 18.2 Å². The normalized spacial score (nSPS) is 20.4. The molecule has 0 fully saturated rings. The van der Waals surface area contributed by atoms with Gasteiger partial charge in [-0.3, -0.25) is 14.6 Å². The molecule has 0 aromatic heterocycles. The number of aliphatic imine (C=N–C) groups is 1. The molecular weight excluding hydrogens is 492 g/mol. The van der Waals surface area contributed by atoms with Crippen molar-refractivity contribution in [3.63, 3.8) is 0 Å². The Kier molecular flexibility index (Phi) is 12.0. The van der Waals surface area contributed by atoms with Gasteiger partial charge in [0.05, 0.1) is 0 Å². The number of aldehydes is 1. The number of allylic oxidation sites excluding steroid dienone is 4. The van der Waals surface area contributed by atoms with Crippen LogP contribution in [0.15, 0.2) is 52.3 Å². The Bertz CT molecular complexity index is 979. The van der Waals surface area contributed by atoms with Crippen molar-refractivity contribution in [2.75, 3.05) is 26.7 Å². The minimum absolute atomic E-state index is 0.0328. The van der Waals surface area contributed by atoms with Gasteiger partial charge in [-0.05, 0) is 38.0 Å². The predicted molar refractivity (Wildman–Crippen MR) is 146 cm³/mol. The summed E-state index contributed by atoms with van der Waals surface area (Å²) in [5.41, 5.74) is 2.52. The van der Waals surface area contributed by atoms with Crippen LogP contribution in [0.5, 0.6) is 0 Å². The third-order valence-corrected chi connectivity index (χ3v) is 6.16. The van der Waals surface area contributed by atoms with Gasteiger partial charge in [0.25, 0.3) is 0 Å². The fraction of sp³-hybridized carbons (Fsp3) is 0.571. The van der Waals surface area contributed by atoms with E-state index in [0.717, 1.165) is 36.1 Å². The maximum absolute atomic E-state index is 14.0. The van der Waals surface area contributed by atoms with E-state index in [4.69, 9.17) is 0 Å². The minimum Gasteiger partial charge on any atom is -0.358 e. The summed E-state index contributed by atoms with van der Waals surface area (Å²) in [6.45, 7) is 6.91. The zero-order valence-corrected chi connectivity index (χ0v) is 22.8. The number of dihydropyridines is 1. The molecule has 3 aliphatic rings. The minimum atomic E-state index is -2.82.